The monoisotopic (exact) mass is 367 g/mol. The van der Waals surface area contributed by atoms with Crippen molar-refractivity contribution in [2.24, 2.45) is 5.92 Å². The van der Waals surface area contributed by atoms with Gasteiger partial charge in [0.2, 0.25) is 5.91 Å². The van der Waals surface area contributed by atoms with Crippen molar-refractivity contribution in [1.29, 1.82) is 0 Å². The molecule has 2 aromatic heterocycles. The molecule has 0 unspecified atom stereocenters. The number of aromatic nitrogens is 3. The normalized spacial score (nSPS) is 22.1. The number of allylic oxidation sites excluding steroid dienone is 1. The average Bonchev–Trinajstić information content (AvgIpc) is 2.91. The minimum atomic E-state index is 0.0504. The summed E-state index contributed by atoms with van der Waals surface area (Å²) in [4.78, 5) is 26.0. The van der Waals surface area contributed by atoms with E-state index in [9.17, 15) is 4.79 Å². The minimum Gasteiger partial charge on any atom is -0.354 e. The van der Waals surface area contributed by atoms with E-state index in [1.165, 1.54) is 5.57 Å². The second-order valence-corrected chi connectivity index (χ2v) is 7.66. The van der Waals surface area contributed by atoms with Gasteiger partial charge in [-0.15, -0.1) is 0 Å². The lowest BCUT2D eigenvalue weighted by Gasteiger charge is -2.35. The van der Waals surface area contributed by atoms with Crippen LogP contribution in [-0.4, -0.2) is 51.6 Å². The third kappa shape index (κ3) is 3.59. The van der Waals surface area contributed by atoms with Crippen molar-refractivity contribution >= 4 is 11.7 Å². The molecule has 5 rings (SSSR count). The summed E-state index contributed by atoms with van der Waals surface area (Å²) in [5, 5.41) is 3.82. The van der Waals surface area contributed by atoms with E-state index in [1.807, 2.05) is 12.1 Å². The number of fused-ring (bicyclic) bond motifs is 4. The van der Waals surface area contributed by atoms with Gasteiger partial charge in [-0.1, -0.05) is 16.8 Å². The number of aryl methyl sites for hydroxylation is 1. The predicted molar refractivity (Wildman–Crippen MR) is 102 cm³/mol. The summed E-state index contributed by atoms with van der Waals surface area (Å²) in [6.45, 7) is 8.20. The summed E-state index contributed by atoms with van der Waals surface area (Å²) < 4.78 is 5.20. The molecule has 0 radical (unpaired) electrons. The fraction of sp³-hybridized carbons (Fsp3) is 0.500. The van der Waals surface area contributed by atoms with E-state index in [0.717, 1.165) is 37.3 Å². The average molecular weight is 367 g/mol. The smallest absolute Gasteiger partial charge is 0.259 e. The van der Waals surface area contributed by atoms with E-state index in [4.69, 9.17) is 4.52 Å². The predicted octanol–water partition coefficient (Wildman–Crippen LogP) is 2.83. The van der Waals surface area contributed by atoms with Gasteiger partial charge in [0, 0.05) is 31.9 Å². The number of anilines is 1. The van der Waals surface area contributed by atoms with Crippen LogP contribution in [0.1, 0.15) is 32.5 Å². The summed E-state index contributed by atoms with van der Waals surface area (Å²) >= 11 is 0. The van der Waals surface area contributed by atoms with Gasteiger partial charge in [-0.05, 0) is 45.7 Å². The molecule has 2 atom stereocenters. The zero-order chi connectivity index (χ0) is 19.0. The van der Waals surface area contributed by atoms with Crippen LogP contribution in [-0.2, 0) is 4.79 Å². The first kappa shape index (κ1) is 17.7. The number of amides is 1. The number of pyridine rings is 1. The lowest BCUT2D eigenvalue weighted by molar-refractivity contribution is -0.139. The van der Waals surface area contributed by atoms with Crippen LogP contribution in [0.15, 0.2) is 34.5 Å². The first-order valence-corrected chi connectivity index (χ1v) is 9.47. The molecule has 7 heteroatoms. The highest BCUT2D eigenvalue weighted by molar-refractivity contribution is 5.81. The van der Waals surface area contributed by atoms with Crippen LogP contribution in [0.25, 0.3) is 11.5 Å². The van der Waals surface area contributed by atoms with Crippen molar-refractivity contribution in [2.75, 3.05) is 24.5 Å². The fourth-order valence-corrected chi connectivity index (χ4v) is 3.86. The quantitative estimate of drug-likeness (QED) is 0.774. The fourth-order valence-electron chi connectivity index (χ4n) is 3.86. The molecule has 0 saturated carbocycles. The molecule has 142 valence electrons. The second kappa shape index (κ2) is 7.13. The van der Waals surface area contributed by atoms with Crippen LogP contribution in [0.2, 0.25) is 0 Å². The van der Waals surface area contributed by atoms with Gasteiger partial charge < -0.3 is 14.3 Å². The zero-order valence-electron chi connectivity index (χ0n) is 16.1. The van der Waals surface area contributed by atoms with Crippen molar-refractivity contribution in [3.63, 3.8) is 0 Å². The molecular formula is C20H25N5O2. The molecule has 0 aromatic carbocycles. The number of rotatable bonds is 4. The summed E-state index contributed by atoms with van der Waals surface area (Å²) in [7, 11) is 0. The van der Waals surface area contributed by atoms with Gasteiger partial charge in [0.05, 0.1) is 11.5 Å². The Balaban J connectivity index is 1.53. The van der Waals surface area contributed by atoms with Crippen LogP contribution < -0.4 is 4.90 Å². The molecule has 7 nitrogen and oxygen atoms in total. The van der Waals surface area contributed by atoms with Crippen LogP contribution in [0, 0.1) is 12.8 Å². The van der Waals surface area contributed by atoms with Crippen LogP contribution in [0.3, 0.4) is 0 Å². The van der Waals surface area contributed by atoms with Gasteiger partial charge in [-0.3, -0.25) is 4.79 Å². The Hall–Kier alpha value is -2.70. The molecule has 3 aliphatic heterocycles. The van der Waals surface area contributed by atoms with Crippen molar-refractivity contribution in [1.82, 2.24) is 20.0 Å². The molecule has 5 heterocycles. The van der Waals surface area contributed by atoms with Crippen LogP contribution in [0.5, 0.6) is 0 Å². The number of nitrogens with zero attached hydrogens (tertiary/aromatic N) is 5. The molecule has 0 N–H and O–H groups in total. The molecule has 3 aliphatic rings. The van der Waals surface area contributed by atoms with E-state index in [-0.39, 0.29) is 17.9 Å². The number of piperidine rings is 1. The van der Waals surface area contributed by atoms with Gasteiger partial charge in [0.25, 0.3) is 5.89 Å². The van der Waals surface area contributed by atoms with E-state index >= 15 is 0 Å². The van der Waals surface area contributed by atoms with Gasteiger partial charge in [-0.25, -0.2) is 4.98 Å². The van der Waals surface area contributed by atoms with Crippen LogP contribution in [0.4, 0.5) is 5.82 Å². The SMILES string of the molecule is CC(C)=CCN1C(=O)[C@H]2CC[C@@H]1CN(c1ccc(-c3nc(C)no3)cn1)C2. The number of carbonyl (C=O) groups is 1. The maximum Gasteiger partial charge on any atom is 0.259 e. The summed E-state index contributed by atoms with van der Waals surface area (Å²) in [6, 6.07) is 4.17. The van der Waals surface area contributed by atoms with Gasteiger partial charge in [0.15, 0.2) is 5.82 Å². The highest BCUT2D eigenvalue weighted by Gasteiger charge is 2.40. The standard InChI is InChI=1S/C20H25N5O2/c1-13(2)8-9-25-17-6-4-16(20(25)26)11-24(12-17)18-7-5-15(10-21-18)19-22-14(3)23-27-19/h5,7-8,10,16-17H,4,6,9,11-12H2,1-3H3/t16-,17+/m0/s1. The Labute approximate surface area is 159 Å². The highest BCUT2D eigenvalue weighted by atomic mass is 16.5. The van der Waals surface area contributed by atoms with Crippen molar-refractivity contribution in [3.05, 3.63) is 35.8 Å². The summed E-state index contributed by atoms with van der Waals surface area (Å²) in [5.41, 5.74) is 2.05. The maximum atomic E-state index is 12.9. The lowest BCUT2D eigenvalue weighted by Crippen LogP contribution is -2.47. The molecular weight excluding hydrogens is 342 g/mol. The summed E-state index contributed by atoms with van der Waals surface area (Å²) in [6.07, 6.45) is 5.92. The van der Waals surface area contributed by atoms with Crippen LogP contribution >= 0.6 is 0 Å². The number of hydrogen-bond donors (Lipinski definition) is 0. The zero-order valence-corrected chi connectivity index (χ0v) is 16.1. The largest absolute Gasteiger partial charge is 0.354 e. The molecule has 1 amide bonds. The molecule has 2 aromatic rings. The lowest BCUT2D eigenvalue weighted by atomic mass is 9.94. The third-order valence-electron chi connectivity index (χ3n) is 5.34. The Morgan fingerprint density at radius 2 is 2.15 bits per heavy atom. The first-order chi connectivity index (χ1) is 13.0. The van der Waals surface area contributed by atoms with E-state index in [2.05, 4.69) is 44.8 Å². The molecule has 3 saturated heterocycles. The number of carbonyl (C=O) groups excluding carboxylic acids is 1. The molecule has 2 bridgehead atoms. The Morgan fingerprint density at radius 3 is 2.81 bits per heavy atom. The Bertz CT molecular complexity index is 854. The maximum absolute atomic E-state index is 12.9. The Kier molecular flexibility index (Phi) is 4.68. The van der Waals surface area contributed by atoms with Gasteiger partial charge in [0.1, 0.15) is 5.82 Å². The molecule has 27 heavy (non-hydrogen) atoms. The molecule has 0 spiro atoms. The minimum absolute atomic E-state index is 0.0504. The topological polar surface area (TPSA) is 75.4 Å². The van der Waals surface area contributed by atoms with Crippen molar-refractivity contribution < 1.29 is 9.32 Å². The van der Waals surface area contributed by atoms with Gasteiger partial charge in [-0.2, -0.15) is 4.98 Å². The third-order valence-corrected chi connectivity index (χ3v) is 5.34. The molecule has 3 fully saturated rings. The van der Waals surface area contributed by atoms with Crippen molar-refractivity contribution in [2.45, 2.75) is 39.7 Å². The second-order valence-electron chi connectivity index (χ2n) is 7.66. The van der Waals surface area contributed by atoms with E-state index in [0.29, 0.717) is 18.3 Å². The van der Waals surface area contributed by atoms with E-state index < -0.39 is 0 Å². The number of hydrogen-bond acceptors (Lipinski definition) is 6. The van der Waals surface area contributed by atoms with Crippen molar-refractivity contribution in [3.8, 4) is 11.5 Å². The Morgan fingerprint density at radius 1 is 1.30 bits per heavy atom. The summed E-state index contributed by atoms with van der Waals surface area (Å²) in [5.74, 6) is 2.31. The highest BCUT2D eigenvalue weighted by Crippen LogP contribution is 2.31. The molecule has 0 aliphatic carbocycles. The first-order valence-electron chi connectivity index (χ1n) is 9.47. The van der Waals surface area contributed by atoms with Gasteiger partial charge >= 0.3 is 0 Å². The van der Waals surface area contributed by atoms with E-state index in [1.54, 1.807) is 13.1 Å².